The summed E-state index contributed by atoms with van der Waals surface area (Å²) >= 11 is 2.36. The second-order valence-corrected chi connectivity index (χ2v) is 9.65. The van der Waals surface area contributed by atoms with Crippen molar-refractivity contribution in [2.75, 3.05) is 11.9 Å². The number of aliphatic hydroxyl groups is 1. The molecule has 1 saturated carbocycles. The zero-order chi connectivity index (χ0) is 22.0. The molecule has 0 spiro atoms. The molecule has 0 aliphatic heterocycles. The smallest absolute Gasteiger partial charge is 0.333 e. The molecule has 0 amide bonds. The zero-order valence-corrected chi connectivity index (χ0v) is 19.7. The molecule has 4 N–H and O–H groups in total. The Labute approximate surface area is 194 Å². The van der Waals surface area contributed by atoms with Crippen LogP contribution in [-0.2, 0) is 25.5 Å². The Morgan fingerprint density at radius 3 is 2.74 bits per heavy atom. The molecule has 2 aromatic heterocycles. The summed E-state index contributed by atoms with van der Waals surface area (Å²) in [7, 11) is -4.03. The summed E-state index contributed by atoms with van der Waals surface area (Å²) in [5, 5.41) is 19.6. The summed E-state index contributed by atoms with van der Waals surface area (Å²) < 4.78 is 29.8. The standard InChI is InChI=1S/C20H24IN5O4S/c21-9-13-3-1-2-4-14(13)10-23-19-17-5-6-26(20(17)25-12-24-19)16-7-15(18(27)8-16)11-30-31(22,28)29/h1-6,12,15-16,18,27H,7-11H2,(H2,22,28,29)(H,23,24,25)/t15-,16+,18-/m0/s1. The molecule has 1 aliphatic carbocycles. The van der Waals surface area contributed by atoms with Crippen LogP contribution in [0.25, 0.3) is 11.0 Å². The van der Waals surface area contributed by atoms with Crippen molar-refractivity contribution in [1.82, 2.24) is 14.5 Å². The van der Waals surface area contributed by atoms with Crippen molar-refractivity contribution in [1.29, 1.82) is 0 Å². The van der Waals surface area contributed by atoms with Gasteiger partial charge in [-0.15, -0.1) is 0 Å². The van der Waals surface area contributed by atoms with Crippen molar-refractivity contribution in [3.8, 4) is 0 Å². The SMILES string of the molecule is NS(=O)(=O)OC[C@@H]1C[C@@H](n2ccc3c(NCc4ccccc4CI)ncnc32)C[C@@H]1O. The first kappa shape index (κ1) is 22.4. The van der Waals surface area contributed by atoms with Crippen molar-refractivity contribution in [3.05, 3.63) is 54.0 Å². The van der Waals surface area contributed by atoms with Crippen LogP contribution < -0.4 is 10.5 Å². The number of nitrogens with two attached hydrogens (primary N) is 1. The number of fused-ring (bicyclic) bond motifs is 1. The van der Waals surface area contributed by atoms with E-state index in [4.69, 9.17) is 9.32 Å². The third kappa shape index (κ3) is 5.17. The van der Waals surface area contributed by atoms with Gasteiger partial charge < -0.3 is 15.0 Å². The van der Waals surface area contributed by atoms with Crippen LogP contribution in [0.3, 0.4) is 0 Å². The van der Waals surface area contributed by atoms with Gasteiger partial charge in [0.2, 0.25) is 0 Å². The van der Waals surface area contributed by atoms with Crippen molar-refractivity contribution >= 4 is 49.7 Å². The largest absolute Gasteiger partial charge is 0.393 e. The summed E-state index contributed by atoms with van der Waals surface area (Å²) in [5.41, 5.74) is 3.27. The highest BCUT2D eigenvalue weighted by molar-refractivity contribution is 14.1. The van der Waals surface area contributed by atoms with Gasteiger partial charge in [-0.25, -0.2) is 15.1 Å². The number of nitrogens with one attached hydrogen (secondary N) is 1. The predicted molar refractivity (Wildman–Crippen MR) is 126 cm³/mol. The van der Waals surface area contributed by atoms with Crippen molar-refractivity contribution < 1.29 is 17.7 Å². The molecule has 1 aromatic carbocycles. The van der Waals surface area contributed by atoms with Gasteiger partial charge >= 0.3 is 10.3 Å². The molecule has 31 heavy (non-hydrogen) atoms. The molecule has 1 fully saturated rings. The molecule has 0 saturated heterocycles. The van der Waals surface area contributed by atoms with E-state index in [1.165, 1.54) is 17.5 Å². The van der Waals surface area contributed by atoms with Crippen LogP contribution in [-0.4, -0.2) is 40.8 Å². The maximum absolute atomic E-state index is 11.1. The topological polar surface area (TPSA) is 132 Å². The fourth-order valence-corrected chi connectivity index (χ4v) is 5.22. The van der Waals surface area contributed by atoms with Gasteiger partial charge in [0.15, 0.2) is 0 Å². The Morgan fingerprint density at radius 2 is 2.00 bits per heavy atom. The fourth-order valence-electron chi connectivity index (χ4n) is 4.11. The molecule has 166 valence electrons. The first-order valence-corrected chi connectivity index (χ1v) is 12.9. The highest BCUT2D eigenvalue weighted by Gasteiger charge is 2.35. The molecule has 0 bridgehead atoms. The number of hydrogen-bond donors (Lipinski definition) is 3. The molecule has 3 aromatic rings. The van der Waals surface area contributed by atoms with E-state index in [9.17, 15) is 13.5 Å². The second kappa shape index (κ2) is 9.36. The Hall–Kier alpha value is -1.80. The van der Waals surface area contributed by atoms with Crippen molar-refractivity contribution in [2.24, 2.45) is 11.1 Å². The average molecular weight is 557 g/mol. The van der Waals surface area contributed by atoms with Gasteiger partial charge in [0.05, 0.1) is 18.1 Å². The van der Waals surface area contributed by atoms with Crippen molar-refractivity contribution in [2.45, 2.75) is 36.0 Å². The summed E-state index contributed by atoms with van der Waals surface area (Å²) in [6.07, 6.45) is 3.84. The number of hydrogen-bond acceptors (Lipinski definition) is 7. The number of aromatic nitrogens is 3. The van der Waals surface area contributed by atoms with Gasteiger partial charge in [-0.05, 0) is 30.0 Å². The molecular formula is C20H24IN5O4S. The van der Waals surface area contributed by atoms with Crippen LogP contribution in [0.4, 0.5) is 5.82 Å². The van der Waals surface area contributed by atoms with Crippen LogP contribution >= 0.6 is 22.6 Å². The Kier molecular flexibility index (Phi) is 6.77. The maximum Gasteiger partial charge on any atom is 0.333 e. The molecular weight excluding hydrogens is 533 g/mol. The molecule has 0 radical (unpaired) electrons. The lowest BCUT2D eigenvalue weighted by Gasteiger charge is -2.14. The van der Waals surface area contributed by atoms with Crippen LogP contribution in [0, 0.1) is 5.92 Å². The minimum Gasteiger partial charge on any atom is -0.393 e. The minimum atomic E-state index is -4.03. The van der Waals surface area contributed by atoms with Crippen LogP contribution in [0.15, 0.2) is 42.9 Å². The number of halogens is 1. The summed E-state index contributed by atoms with van der Waals surface area (Å²) in [6, 6.07) is 10.2. The Morgan fingerprint density at radius 1 is 1.23 bits per heavy atom. The van der Waals surface area contributed by atoms with E-state index in [0.717, 1.165) is 21.3 Å². The van der Waals surface area contributed by atoms with E-state index >= 15 is 0 Å². The number of nitrogens with zero attached hydrogens (tertiary/aromatic N) is 3. The fraction of sp³-hybridized carbons (Fsp3) is 0.400. The molecule has 11 heteroatoms. The van der Waals surface area contributed by atoms with Gasteiger partial charge in [0.1, 0.15) is 17.8 Å². The highest BCUT2D eigenvalue weighted by Crippen LogP contribution is 2.37. The van der Waals surface area contributed by atoms with Gasteiger partial charge in [0, 0.05) is 29.1 Å². The normalized spacial score (nSPS) is 21.6. The number of aliphatic hydroxyl groups excluding tert-OH is 1. The number of benzene rings is 1. The van der Waals surface area contributed by atoms with Gasteiger partial charge in [0.25, 0.3) is 0 Å². The second-order valence-electron chi connectivity index (χ2n) is 7.67. The highest BCUT2D eigenvalue weighted by atomic mass is 127. The molecule has 2 heterocycles. The zero-order valence-electron chi connectivity index (χ0n) is 16.7. The molecule has 9 nitrogen and oxygen atoms in total. The number of anilines is 1. The van der Waals surface area contributed by atoms with E-state index in [1.807, 2.05) is 29.0 Å². The molecule has 4 rings (SSSR count). The lowest BCUT2D eigenvalue weighted by Crippen LogP contribution is -2.24. The van der Waals surface area contributed by atoms with Gasteiger partial charge in [-0.1, -0.05) is 46.9 Å². The molecule has 3 atom stereocenters. The predicted octanol–water partition coefficient (Wildman–Crippen LogP) is 2.51. The van der Waals surface area contributed by atoms with E-state index in [0.29, 0.717) is 19.4 Å². The quantitative estimate of drug-likeness (QED) is 0.287. The van der Waals surface area contributed by atoms with Crippen molar-refractivity contribution in [3.63, 3.8) is 0 Å². The third-order valence-electron chi connectivity index (χ3n) is 5.69. The van der Waals surface area contributed by atoms with E-state index < -0.39 is 16.4 Å². The summed E-state index contributed by atoms with van der Waals surface area (Å²) in [6.45, 7) is 0.527. The average Bonchev–Trinajstić information content (AvgIpc) is 3.34. The summed E-state index contributed by atoms with van der Waals surface area (Å²) in [4.78, 5) is 8.87. The van der Waals surface area contributed by atoms with E-state index in [2.05, 4.69) is 50.0 Å². The summed E-state index contributed by atoms with van der Waals surface area (Å²) in [5.74, 6) is 0.435. The maximum atomic E-state index is 11.1. The van der Waals surface area contributed by atoms with Crippen LogP contribution in [0.1, 0.15) is 30.0 Å². The Bertz CT molecular complexity index is 1170. The minimum absolute atomic E-state index is 0.0240. The molecule has 1 aliphatic rings. The monoisotopic (exact) mass is 557 g/mol. The number of alkyl halides is 1. The van der Waals surface area contributed by atoms with E-state index in [1.54, 1.807) is 0 Å². The molecule has 0 unspecified atom stereocenters. The van der Waals surface area contributed by atoms with Gasteiger partial charge in [-0.3, -0.25) is 4.18 Å². The first-order valence-electron chi connectivity index (χ1n) is 9.89. The van der Waals surface area contributed by atoms with Crippen LogP contribution in [0.2, 0.25) is 0 Å². The lowest BCUT2D eigenvalue weighted by atomic mass is 10.1. The Balaban J connectivity index is 1.51. The third-order valence-corrected chi connectivity index (χ3v) is 6.98. The first-order chi connectivity index (χ1) is 14.9. The van der Waals surface area contributed by atoms with E-state index in [-0.39, 0.29) is 18.6 Å². The van der Waals surface area contributed by atoms with Crippen LogP contribution in [0.5, 0.6) is 0 Å². The lowest BCUT2D eigenvalue weighted by molar-refractivity contribution is 0.100. The number of rotatable bonds is 8. The van der Waals surface area contributed by atoms with Gasteiger partial charge in [-0.2, -0.15) is 8.42 Å².